The number of unbranched alkanes of at least 4 members (excludes halogenated alkanes) is 5. The predicted octanol–water partition coefficient (Wildman–Crippen LogP) is 5.45. The summed E-state index contributed by atoms with van der Waals surface area (Å²) in [7, 11) is 0. The first-order valence-corrected chi connectivity index (χ1v) is 6.53. The average molecular weight is 222 g/mol. The largest absolute Gasteiger partial charge is 0.242 e. The van der Waals surface area contributed by atoms with E-state index in [1.54, 1.807) is 0 Å². The summed E-state index contributed by atoms with van der Waals surface area (Å²) in [6.45, 7) is 2.22. The Balaban J connectivity index is 2.09. The molecule has 0 heterocycles. The zero-order valence-electron chi connectivity index (χ0n) is 10.3. The van der Waals surface area contributed by atoms with Crippen LogP contribution in [0.5, 0.6) is 0 Å². The van der Waals surface area contributed by atoms with Gasteiger partial charge in [0.05, 0.1) is 0 Å². The summed E-state index contributed by atoms with van der Waals surface area (Å²) in [6, 6.07) is 9.50. The van der Waals surface area contributed by atoms with Gasteiger partial charge in [-0.15, -0.1) is 0 Å². The van der Waals surface area contributed by atoms with Crippen LogP contribution in [0.1, 0.15) is 63.6 Å². The fourth-order valence-corrected chi connectivity index (χ4v) is 1.93. The molecule has 1 aromatic carbocycles. The number of alkyl halides is 1. The summed E-state index contributed by atoms with van der Waals surface area (Å²) in [5.41, 5.74) is 0.830. The van der Waals surface area contributed by atoms with Crippen molar-refractivity contribution in [3.05, 3.63) is 35.9 Å². The van der Waals surface area contributed by atoms with Gasteiger partial charge in [0.25, 0.3) is 0 Å². The van der Waals surface area contributed by atoms with Crippen molar-refractivity contribution in [3.8, 4) is 0 Å². The summed E-state index contributed by atoms with van der Waals surface area (Å²) in [5, 5.41) is 0. The van der Waals surface area contributed by atoms with Crippen LogP contribution in [-0.2, 0) is 0 Å². The molecule has 0 saturated carbocycles. The van der Waals surface area contributed by atoms with Gasteiger partial charge in [0.2, 0.25) is 0 Å². The van der Waals surface area contributed by atoms with Gasteiger partial charge in [-0.25, -0.2) is 4.39 Å². The summed E-state index contributed by atoms with van der Waals surface area (Å²) >= 11 is 0. The molecule has 0 aliphatic rings. The molecule has 0 radical (unpaired) electrons. The third-order valence-electron chi connectivity index (χ3n) is 2.97. The number of halogens is 1. The predicted molar refractivity (Wildman–Crippen MR) is 68.3 cm³/mol. The fraction of sp³-hybridized carbons (Fsp3) is 0.600. The first kappa shape index (κ1) is 13.2. The second-order valence-electron chi connectivity index (χ2n) is 4.43. The van der Waals surface area contributed by atoms with Gasteiger partial charge in [-0.3, -0.25) is 0 Å². The van der Waals surface area contributed by atoms with Crippen molar-refractivity contribution in [1.29, 1.82) is 0 Å². The number of rotatable bonds is 8. The quantitative estimate of drug-likeness (QED) is 0.513. The molecule has 1 rings (SSSR count). The second kappa shape index (κ2) is 8.32. The van der Waals surface area contributed by atoms with Crippen LogP contribution in [0.4, 0.5) is 4.39 Å². The minimum Gasteiger partial charge on any atom is -0.242 e. The van der Waals surface area contributed by atoms with Crippen LogP contribution in [0.3, 0.4) is 0 Å². The smallest absolute Gasteiger partial charge is 0.125 e. The first-order valence-electron chi connectivity index (χ1n) is 6.53. The maximum absolute atomic E-state index is 13.7. The Bertz CT molecular complexity index is 255. The maximum Gasteiger partial charge on any atom is 0.125 e. The lowest BCUT2D eigenvalue weighted by atomic mass is 10.0. The van der Waals surface area contributed by atoms with Crippen molar-refractivity contribution in [2.75, 3.05) is 0 Å². The number of hydrogen-bond donors (Lipinski definition) is 0. The minimum absolute atomic E-state index is 0.677. The van der Waals surface area contributed by atoms with Crippen molar-refractivity contribution >= 4 is 0 Å². The molecular formula is C15H23F. The molecule has 0 aliphatic carbocycles. The van der Waals surface area contributed by atoms with Crippen LogP contribution < -0.4 is 0 Å². The van der Waals surface area contributed by atoms with Crippen molar-refractivity contribution in [2.24, 2.45) is 0 Å². The van der Waals surface area contributed by atoms with Gasteiger partial charge in [-0.2, -0.15) is 0 Å². The third kappa shape index (κ3) is 5.29. The van der Waals surface area contributed by atoms with Crippen molar-refractivity contribution in [3.63, 3.8) is 0 Å². The molecule has 0 nitrogen and oxygen atoms in total. The zero-order chi connectivity index (χ0) is 11.6. The van der Waals surface area contributed by atoms with E-state index in [-0.39, 0.29) is 0 Å². The molecule has 0 N–H and O–H groups in total. The van der Waals surface area contributed by atoms with Crippen molar-refractivity contribution in [1.82, 2.24) is 0 Å². The van der Waals surface area contributed by atoms with Gasteiger partial charge in [-0.05, 0) is 12.0 Å². The maximum atomic E-state index is 13.7. The van der Waals surface area contributed by atoms with Crippen LogP contribution >= 0.6 is 0 Å². The van der Waals surface area contributed by atoms with Gasteiger partial charge in [0.1, 0.15) is 6.17 Å². The second-order valence-corrected chi connectivity index (χ2v) is 4.43. The Morgan fingerprint density at radius 2 is 1.56 bits per heavy atom. The van der Waals surface area contributed by atoms with E-state index in [0.717, 1.165) is 12.0 Å². The molecule has 0 amide bonds. The number of benzene rings is 1. The summed E-state index contributed by atoms with van der Waals surface area (Å²) in [4.78, 5) is 0. The molecular weight excluding hydrogens is 199 g/mol. The molecule has 0 bridgehead atoms. The van der Waals surface area contributed by atoms with Gasteiger partial charge < -0.3 is 0 Å². The molecule has 90 valence electrons. The highest BCUT2D eigenvalue weighted by atomic mass is 19.1. The minimum atomic E-state index is -0.771. The monoisotopic (exact) mass is 222 g/mol. The average Bonchev–Trinajstić information content (AvgIpc) is 2.34. The third-order valence-corrected chi connectivity index (χ3v) is 2.97. The van der Waals surface area contributed by atoms with E-state index in [9.17, 15) is 4.39 Å². The van der Waals surface area contributed by atoms with E-state index in [1.807, 2.05) is 30.3 Å². The van der Waals surface area contributed by atoms with E-state index >= 15 is 0 Å². The summed E-state index contributed by atoms with van der Waals surface area (Å²) in [6.07, 6.45) is 7.25. The first-order chi connectivity index (χ1) is 7.84. The van der Waals surface area contributed by atoms with E-state index < -0.39 is 6.17 Å². The van der Waals surface area contributed by atoms with Gasteiger partial charge in [0, 0.05) is 0 Å². The normalized spacial score (nSPS) is 12.6. The van der Waals surface area contributed by atoms with Crippen LogP contribution in [0.15, 0.2) is 30.3 Å². The highest BCUT2D eigenvalue weighted by Gasteiger charge is 2.07. The van der Waals surface area contributed by atoms with Crippen LogP contribution in [0.2, 0.25) is 0 Å². The zero-order valence-corrected chi connectivity index (χ0v) is 10.3. The summed E-state index contributed by atoms with van der Waals surface area (Å²) < 4.78 is 13.7. The SMILES string of the molecule is CCCCCCCCC(F)c1ccccc1. The van der Waals surface area contributed by atoms with Crippen LogP contribution in [0.25, 0.3) is 0 Å². The number of hydrogen-bond acceptors (Lipinski definition) is 0. The lowest BCUT2D eigenvalue weighted by Crippen LogP contribution is -1.91. The molecule has 0 aromatic heterocycles. The van der Waals surface area contributed by atoms with E-state index in [2.05, 4.69) is 6.92 Å². The lowest BCUT2D eigenvalue weighted by molar-refractivity contribution is 0.312. The van der Waals surface area contributed by atoms with Crippen molar-refractivity contribution in [2.45, 2.75) is 58.0 Å². The van der Waals surface area contributed by atoms with Gasteiger partial charge in [-0.1, -0.05) is 75.8 Å². The molecule has 1 aromatic rings. The van der Waals surface area contributed by atoms with E-state index in [0.29, 0.717) is 6.42 Å². The molecule has 1 atom stereocenters. The highest BCUT2D eigenvalue weighted by Crippen LogP contribution is 2.23. The van der Waals surface area contributed by atoms with Crippen molar-refractivity contribution < 1.29 is 4.39 Å². The van der Waals surface area contributed by atoms with E-state index in [1.165, 1.54) is 32.1 Å². The molecule has 1 unspecified atom stereocenters. The topological polar surface area (TPSA) is 0 Å². The fourth-order valence-electron chi connectivity index (χ4n) is 1.93. The Kier molecular flexibility index (Phi) is 6.87. The molecule has 1 heteroatoms. The Morgan fingerprint density at radius 1 is 0.938 bits per heavy atom. The Labute approximate surface area is 98.9 Å². The summed E-state index contributed by atoms with van der Waals surface area (Å²) in [5.74, 6) is 0. The molecule has 0 aliphatic heterocycles. The lowest BCUT2D eigenvalue weighted by Gasteiger charge is -2.07. The molecule has 0 spiro atoms. The highest BCUT2D eigenvalue weighted by molar-refractivity contribution is 5.17. The molecule has 0 fully saturated rings. The van der Waals surface area contributed by atoms with Crippen LogP contribution in [0, 0.1) is 0 Å². The van der Waals surface area contributed by atoms with Crippen LogP contribution in [-0.4, -0.2) is 0 Å². The van der Waals surface area contributed by atoms with Gasteiger partial charge in [0.15, 0.2) is 0 Å². The van der Waals surface area contributed by atoms with Gasteiger partial charge >= 0.3 is 0 Å². The Morgan fingerprint density at radius 3 is 2.25 bits per heavy atom. The van der Waals surface area contributed by atoms with E-state index in [4.69, 9.17) is 0 Å². The molecule has 0 saturated heterocycles. The molecule has 16 heavy (non-hydrogen) atoms. The Hall–Kier alpha value is -0.850. The standard InChI is InChI=1S/C15H23F/c1-2-3-4-5-6-10-13-15(16)14-11-8-7-9-12-14/h7-9,11-12,15H,2-6,10,13H2,1H3.